The van der Waals surface area contributed by atoms with Crippen LogP contribution in [0.4, 0.5) is 0 Å². The fourth-order valence-electron chi connectivity index (χ4n) is 2.27. The maximum absolute atomic E-state index is 2.41. The van der Waals surface area contributed by atoms with Crippen LogP contribution in [0.2, 0.25) is 0 Å². The molecule has 2 heteroatoms. The molecular weight excluding hydrogens is 403 g/mol. The normalized spacial score (nSPS) is 15.6. The molecule has 2 aromatic rings. The molecule has 0 bridgehead atoms. The Morgan fingerprint density at radius 2 is 1.29 bits per heavy atom. The molecule has 1 nitrogen and oxygen atoms in total. The quantitative estimate of drug-likeness (QED) is 0.583. The molecule has 0 aromatic heterocycles. The zero-order valence-corrected chi connectivity index (χ0v) is 13.4. The van der Waals surface area contributed by atoms with E-state index in [1.165, 1.54) is 0 Å². The molecule has 1 aliphatic heterocycles. The number of fused-ring (bicyclic) bond motifs is 2. The van der Waals surface area contributed by atoms with Crippen molar-refractivity contribution in [3.05, 3.63) is 59.7 Å². The van der Waals surface area contributed by atoms with Crippen molar-refractivity contribution in [3.63, 3.8) is 0 Å². The summed E-state index contributed by atoms with van der Waals surface area (Å²) in [5, 5.41) is 0. The van der Waals surface area contributed by atoms with Crippen molar-refractivity contribution < 1.29 is 0 Å². The van der Waals surface area contributed by atoms with Gasteiger partial charge in [0, 0.05) is 0 Å². The van der Waals surface area contributed by atoms with Crippen LogP contribution in [0.3, 0.4) is 0 Å². The average molecular weight is 418 g/mol. The van der Waals surface area contributed by atoms with Gasteiger partial charge in [0.15, 0.2) is 0 Å². The number of nitrogens with zero attached hydrogens (tertiary/aromatic N) is 1. The second-order valence-corrected chi connectivity index (χ2v) is 9.16. The molecule has 0 spiro atoms. The zero-order valence-electron chi connectivity index (χ0n) is 9.93. The van der Waals surface area contributed by atoms with Crippen molar-refractivity contribution in [1.29, 1.82) is 0 Å². The van der Waals surface area contributed by atoms with Crippen molar-refractivity contribution >= 4 is 29.8 Å². The van der Waals surface area contributed by atoms with Crippen LogP contribution in [-0.4, -0.2) is 35.2 Å². The Bertz CT molecular complexity index is 488. The van der Waals surface area contributed by atoms with E-state index in [-0.39, 0.29) is 0 Å². The van der Waals surface area contributed by atoms with Gasteiger partial charge in [0.1, 0.15) is 0 Å². The number of benzene rings is 2. The first-order valence-corrected chi connectivity index (χ1v) is 9.37. The third-order valence-electron chi connectivity index (χ3n) is 3.10. The Morgan fingerprint density at radius 3 is 1.82 bits per heavy atom. The van der Waals surface area contributed by atoms with Gasteiger partial charge in [-0.1, -0.05) is 0 Å². The third kappa shape index (κ3) is 2.43. The second-order valence-electron chi connectivity index (χ2n) is 4.54. The van der Waals surface area contributed by atoms with Gasteiger partial charge in [0.2, 0.25) is 0 Å². The van der Waals surface area contributed by atoms with E-state index in [9.17, 15) is 0 Å². The molecule has 0 fully saturated rings. The van der Waals surface area contributed by atoms with Gasteiger partial charge in [-0.2, -0.15) is 0 Å². The van der Waals surface area contributed by atoms with Crippen LogP contribution < -0.4 is 6.54 Å². The molecule has 0 amide bonds. The van der Waals surface area contributed by atoms with Crippen LogP contribution >= 0.6 is 0 Å². The van der Waals surface area contributed by atoms with E-state index in [0.717, 1.165) is 13.1 Å². The van der Waals surface area contributed by atoms with E-state index in [2.05, 4.69) is 60.5 Å². The van der Waals surface area contributed by atoms with Gasteiger partial charge in [-0.05, 0) is 0 Å². The Hall–Kier alpha value is -0.717. The molecule has 3 rings (SSSR count). The van der Waals surface area contributed by atoms with Gasteiger partial charge >= 0.3 is 114 Å². The number of rotatable bonds is 0. The summed E-state index contributed by atoms with van der Waals surface area (Å²) in [6.45, 7) is 2.18. The first kappa shape index (κ1) is 11.4. The Morgan fingerprint density at radius 1 is 0.824 bits per heavy atom. The number of hydrogen-bond donors (Lipinski definition) is 0. The molecule has 2 aromatic carbocycles. The fourth-order valence-corrected chi connectivity index (χ4v) is 6.78. The van der Waals surface area contributed by atoms with E-state index in [4.69, 9.17) is 0 Å². The SMILES string of the molecule is CN1Cc2cccc[c]2[Bi][c]2ccccc2C1. The molecule has 1 aliphatic rings. The van der Waals surface area contributed by atoms with Crippen LogP contribution in [0.1, 0.15) is 11.1 Å². The molecule has 0 atom stereocenters. The average Bonchev–Trinajstić information content (AvgIpc) is 2.31. The van der Waals surface area contributed by atoms with Gasteiger partial charge in [0.05, 0.1) is 0 Å². The Kier molecular flexibility index (Phi) is 3.26. The summed E-state index contributed by atoms with van der Waals surface area (Å²) >= 11 is -0.712. The van der Waals surface area contributed by atoms with Crippen LogP contribution in [0.25, 0.3) is 0 Å². The van der Waals surface area contributed by atoms with E-state index in [1.54, 1.807) is 17.7 Å². The molecule has 0 saturated heterocycles. The fraction of sp³-hybridized carbons (Fsp3) is 0.200. The van der Waals surface area contributed by atoms with Gasteiger partial charge in [0.25, 0.3) is 0 Å². The molecule has 1 heterocycles. The summed E-state index contributed by atoms with van der Waals surface area (Å²) in [6, 6.07) is 18.0. The molecule has 17 heavy (non-hydrogen) atoms. The molecule has 0 saturated carbocycles. The summed E-state index contributed by atoms with van der Waals surface area (Å²) in [6.07, 6.45) is 0. The van der Waals surface area contributed by atoms with Crippen molar-refractivity contribution in [1.82, 2.24) is 4.90 Å². The molecular formula is C15H15BiN. The van der Waals surface area contributed by atoms with E-state index < -0.39 is 23.2 Å². The van der Waals surface area contributed by atoms with Gasteiger partial charge in [-0.25, -0.2) is 0 Å². The van der Waals surface area contributed by atoms with Gasteiger partial charge in [-0.15, -0.1) is 0 Å². The summed E-state index contributed by atoms with van der Waals surface area (Å²) in [7, 11) is 2.21. The van der Waals surface area contributed by atoms with Crippen molar-refractivity contribution in [2.75, 3.05) is 7.05 Å². The van der Waals surface area contributed by atoms with Crippen molar-refractivity contribution in [2.45, 2.75) is 13.1 Å². The van der Waals surface area contributed by atoms with E-state index >= 15 is 0 Å². The van der Waals surface area contributed by atoms with Crippen molar-refractivity contribution in [3.8, 4) is 0 Å². The number of hydrogen-bond acceptors (Lipinski definition) is 1. The third-order valence-corrected chi connectivity index (χ3v) is 8.37. The first-order valence-electron chi connectivity index (χ1n) is 5.89. The summed E-state index contributed by atoms with van der Waals surface area (Å²) in [5.41, 5.74) is 3.09. The Labute approximate surface area is 114 Å². The zero-order chi connectivity index (χ0) is 11.7. The first-order chi connectivity index (χ1) is 8.33. The van der Waals surface area contributed by atoms with Gasteiger partial charge in [-0.3, -0.25) is 0 Å². The second kappa shape index (κ2) is 4.88. The minimum absolute atomic E-state index is 0.712. The molecule has 85 valence electrons. The van der Waals surface area contributed by atoms with Crippen LogP contribution in [0, 0.1) is 0 Å². The maximum atomic E-state index is 2.41. The van der Waals surface area contributed by atoms with E-state index in [0.29, 0.717) is 0 Å². The van der Waals surface area contributed by atoms with E-state index in [1.807, 2.05) is 0 Å². The van der Waals surface area contributed by atoms with Crippen molar-refractivity contribution in [2.24, 2.45) is 0 Å². The van der Waals surface area contributed by atoms with Crippen LogP contribution in [0.15, 0.2) is 48.5 Å². The molecule has 0 unspecified atom stereocenters. The molecule has 0 N–H and O–H groups in total. The predicted octanol–water partition coefficient (Wildman–Crippen LogP) is 1.29. The van der Waals surface area contributed by atoms with Crippen LogP contribution in [-0.2, 0) is 13.1 Å². The summed E-state index contributed by atoms with van der Waals surface area (Å²) in [5.74, 6) is 0. The molecule has 0 aliphatic carbocycles. The van der Waals surface area contributed by atoms with Gasteiger partial charge < -0.3 is 0 Å². The van der Waals surface area contributed by atoms with Crippen LogP contribution in [0.5, 0.6) is 0 Å². The minimum atomic E-state index is -0.712. The Balaban J connectivity index is 2.09. The monoisotopic (exact) mass is 418 g/mol. The standard InChI is InChI=1S/C15H15N.Bi/c1-16(12-14-8-4-2-5-9-14)13-15-10-6-3-7-11-15;/h2-8,10H,12-13H2,1H3;. The topological polar surface area (TPSA) is 3.24 Å². The molecule has 1 radical (unpaired) electrons. The predicted molar refractivity (Wildman–Crippen MR) is 73.1 cm³/mol. The summed E-state index contributed by atoms with van der Waals surface area (Å²) < 4.78 is 3.29. The summed E-state index contributed by atoms with van der Waals surface area (Å²) in [4.78, 5) is 2.41.